The second-order valence-electron chi connectivity index (χ2n) is 5.64. The molecule has 2 aliphatic carbocycles. The van der Waals surface area contributed by atoms with E-state index < -0.39 is 0 Å². The highest BCUT2D eigenvalue weighted by Crippen LogP contribution is 2.58. The van der Waals surface area contributed by atoms with Crippen molar-refractivity contribution in [2.24, 2.45) is 17.8 Å². The molecule has 2 saturated carbocycles. The molecule has 0 radical (unpaired) electrons. The van der Waals surface area contributed by atoms with Crippen LogP contribution in [0.3, 0.4) is 0 Å². The van der Waals surface area contributed by atoms with Crippen molar-refractivity contribution in [1.82, 2.24) is 0 Å². The summed E-state index contributed by atoms with van der Waals surface area (Å²) in [6.45, 7) is 3.41. The molecular weight excluding hydrogens is 248 g/mol. The molecule has 0 amide bonds. The fraction of sp³-hybridized carbons (Fsp3) is 0.923. The van der Waals surface area contributed by atoms with Crippen molar-refractivity contribution in [3.8, 4) is 0 Å². The Morgan fingerprint density at radius 1 is 1.39 bits per heavy atom. The fourth-order valence-electron chi connectivity index (χ4n) is 3.60. The van der Waals surface area contributed by atoms with Crippen molar-refractivity contribution in [3.63, 3.8) is 0 Å². The van der Waals surface area contributed by atoms with Gasteiger partial charge in [-0.25, -0.2) is 0 Å². The molecule has 0 aromatic carbocycles. The molecule has 3 aliphatic rings. The van der Waals surface area contributed by atoms with Crippen LogP contribution in [0.2, 0.25) is 6.04 Å². The Morgan fingerprint density at radius 2 is 2.28 bits per heavy atom. The van der Waals surface area contributed by atoms with Gasteiger partial charge in [0.05, 0.1) is 24.7 Å². The summed E-state index contributed by atoms with van der Waals surface area (Å²) >= 11 is 0. The van der Waals surface area contributed by atoms with Gasteiger partial charge in [-0.15, -0.1) is 0 Å². The van der Waals surface area contributed by atoms with E-state index in [1.807, 2.05) is 6.92 Å². The van der Waals surface area contributed by atoms with Crippen LogP contribution in [-0.2, 0) is 18.7 Å². The van der Waals surface area contributed by atoms with E-state index >= 15 is 0 Å². The van der Waals surface area contributed by atoms with Crippen LogP contribution < -0.4 is 0 Å². The van der Waals surface area contributed by atoms with Crippen molar-refractivity contribution in [1.29, 1.82) is 0 Å². The second kappa shape index (κ2) is 5.31. The maximum atomic E-state index is 12.0. The zero-order chi connectivity index (χ0) is 12.5. The quantitative estimate of drug-likeness (QED) is 0.298. The number of esters is 1. The van der Waals surface area contributed by atoms with Crippen molar-refractivity contribution in [2.45, 2.75) is 44.4 Å². The lowest BCUT2D eigenvalue weighted by Gasteiger charge is -2.17. The number of carbonyl (C=O) groups is 1. The van der Waals surface area contributed by atoms with Crippen LogP contribution in [-0.4, -0.2) is 41.2 Å². The summed E-state index contributed by atoms with van der Waals surface area (Å²) in [4.78, 5) is 12.0. The molecule has 0 aromatic rings. The molecule has 5 unspecified atom stereocenters. The lowest BCUT2D eigenvalue weighted by molar-refractivity contribution is -0.150. The Morgan fingerprint density at radius 3 is 3.00 bits per heavy atom. The van der Waals surface area contributed by atoms with Gasteiger partial charge in [0.25, 0.3) is 0 Å². The third-order valence-corrected chi connectivity index (χ3v) is 6.02. The molecule has 5 atom stereocenters. The van der Waals surface area contributed by atoms with E-state index in [1.54, 1.807) is 0 Å². The Kier molecular flexibility index (Phi) is 3.72. The predicted octanol–water partition coefficient (Wildman–Crippen LogP) is 0.882. The number of carbonyl (C=O) groups excluding carboxylic acids is 1. The molecule has 0 spiro atoms. The van der Waals surface area contributed by atoms with Gasteiger partial charge in [0.1, 0.15) is 0 Å². The van der Waals surface area contributed by atoms with Gasteiger partial charge < -0.3 is 13.9 Å². The zero-order valence-electron chi connectivity index (χ0n) is 11.0. The number of epoxide rings is 1. The summed E-state index contributed by atoms with van der Waals surface area (Å²) in [5, 5.41) is 0. The largest absolute Gasteiger partial charge is 0.465 e. The first kappa shape index (κ1) is 12.6. The molecule has 18 heavy (non-hydrogen) atoms. The molecule has 1 aliphatic heterocycles. The van der Waals surface area contributed by atoms with Crippen LogP contribution in [0.1, 0.15) is 26.2 Å². The average Bonchev–Trinajstić information content (AvgIpc) is 2.98. The Bertz CT molecular complexity index is 322. The van der Waals surface area contributed by atoms with E-state index in [2.05, 4.69) is 0 Å². The SMILES string of the molecule is CCO[SiH2]CCCOC(=O)C1CC2CC1C1OC21. The minimum atomic E-state index is -0.372. The lowest BCUT2D eigenvalue weighted by Crippen LogP contribution is -2.27. The van der Waals surface area contributed by atoms with Crippen molar-refractivity contribution in [2.75, 3.05) is 13.2 Å². The molecule has 3 fully saturated rings. The standard InChI is InChI=1S/C13H22O4Si/c1-2-16-18-5-3-4-15-13(14)10-7-8-6-9(10)12-11(8)17-12/h8-12H,2-7,18H2,1H3. The first-order valence-electron chi connectivity index (χ1n) is 7.21. The van der Waals surface area contributed by atoms with Gasteiger partial charge in [0, 0.05) is 12.5 Å². The summed E-state index contributed by atoms with van der Waals surface area (Å²) in [6.07, 6.45) is 4.04. The van der Waals surface area contributed by atoms with Gasteiger partial charge in [0.2, 0.25) is 0 Å². The molecule has 0 N–H and O–H groups in total. The summed E-state index contributed by atoms with van der Waals surface area (Å²) in [7, 11) is -0.372. The number of hydrogen-bond acceptors (Lipinski definition) is 4. The smallest absolute Gasteiger partial charge is 0.309 e. The van der Waals surface area contributed by atoms with E-state index in [9.17, 15) is 4.79 Å². The highest BCUT2D eigenvalue weighted by Gasteiger charge is 2.64. The first-order chi connectivity index (χ1) is 8.81. The average molecular weight is 270 g/mol. The third-order valence-electron chi connectivity index (χ3n) is 4.53. The summed E-state index contributed by atoms with van der Waals surface area (Å²) < 4.78 is 16.4. The summed E-state index contributed by atoms with van der Waals surface area (Å²) in [5.41, 5.74) is 0. The van der Waals surface area contributed by atoms with E-state index in [1.165, 1.54) is 6.42 Å². The maximum absolute atomic E-state index is 12.0. The normalized spacial score (nSPS) is 40.4. The molecule has 3 rings (SSSR count). The summed E-state index contributed by atoms with van der Waals surface area (Å²) in [5.74, 6) is 1.26. The van der Waals surface area contributed by atoms with Crippen molar-refractivity contribution < 1.29 is 18.7 Å². The molecule has 2 bridgehead atoms. The van der Waals surface area contributed by atoms with Gasteiger partial charge in [0.15, 0.2) is 9.76 Å². The molecule has 0 aromatic heterocycles. The minimum absolute atomic E-state index is 0.0227. The van der Waals surface area contributed by atoms with Gasteiger partial charge in [-0.05, 0) is 38.1 Å². The van der Waals surface area contributed by atoms with Crippen LogP contribution >= 0.6 is 0 Å². The number of fused-ring (bicyclic) bond motifs is 5. The van der Waals surface area contributed by atoms with Crippen LogP contribution in [0.4, 0.5) is 0 Å². The van der Waals surface area contributed by atoms with Crippen LogP contribution in [0.25, 0.3) is 0 Å². The molecule has 4 nitrogen and oxygen atoms in total. The Balaban J connectivity index is 1.33. The van der Waals surface area contributed by atoms with Crippen molar-refractivity contribution >= 4 is 15.7 Å². The third kappa shape index (κ3) is 2.35. The minimum Gasteiger partial charge on any atom is -0.465 e. The predicted molar refractivity (Wildman–Crippen MR) is 68.9 cm³/mol. The zero-order valence-corrected chi connectivity index (χ0v) is 12.4. The first-order valence-corrected chi connectivity index (χ1v) is 8.79. The number of ether oxygens (including phenoxy) is 2. The van der Waals surface area contributed by atoms with E-state index in [4.69, 9.17) is 13.9 Å². The number of rotatable bonds is 7. The Labute approximate surface area is 110 Å². The van der Waals surface area contributed by atoms with Crippen LogP contribution in [0.15, 0.2) is 0 Å². The van der Waals surface area contributed by atoms with E-state index in [-0.39, 0.29) is 21.7 Å². The van der Waals surface area contributed by atoms with E-state index in [0.29, 0.717) is 30.7 Å². The highest BCUT2D eigenvalue weighted by molar-refractivity contribution is 6.26. The fourth-order valence-corrected chi connectivity index (χ4v) is 4.50. The molecular formula is C13H22O4Si. The highest BCUT2D eigenvalue weighted by atomic mass is 28.2. The van der Waals surface area contributed by atoms with Crippen molar-refractivity contribution in [3.05, 3.63) is 0 Å². The number of hydrogen-bond donors (Lipinski definition) is 0. The van der Waals surface area contributed by atoms with E-state index in [0.717, 1.165) is 25.5 Å². The molecule has 5 heteroatoms. The molecule has 1 saturated heterocycles. The monoisotopic (exact) mass is 270 g/mol. The second-order valence-corrected chi connectivity index (χ2v) is 7.16. The van der Waals surface area contributed by atoms with Gasteiger partial charge in [-0.1, -0.05) is 0 Å². The summed E-state index contributed by atoms with van der Waals surface area (Å²) in [6, 6.07) is 1.10. The maximum Gasteiger partial charge on any atom is 0.309 e. The van der Waals surface area contributed by atoms with Gasteiger partial charge in [-0.3, -0.25) is 4.79 Å². The Hall–Kier alpha value is -0.393. The topological polar surface area (TPSA) is 48.1 Å². The van der Waals surface area contributed by atoms with Crippen LogP contribution in [0, 0.1) is 17.8 Å². The van der Waals surface area contributed by atoms with Gasteiger partial charge in [-0.2, -0.15) is 0 Å². The van der Waals surface area contributed by atoms with Gasteiger partial charge >= 0.3 is 5.97 Å². The molecule has 1 heterocycles. The molecule has 102 valence electrons. The van der Waals surface area contributed by atoms with Crippen LogP contribution in [0.5, 0.6) is 0 Å². The lowest BCUT2D eigenvalue weighted by atomic mass is 9.89.